The Balaban J connectivity index is 2.66. The zero-order valence-corrected chi connectivity index (χ0v) is 9.01. The van der Waals surface area contributed by atoms with Gasteiger partial charge < -0.3 is 9.64 Å². The Morgan fingerprint density at radius 3 is 2.60 bits per heavy atom. The first-order valence-electron chi connectivity index (χ1n) is 4.73. The molecule has 1 amide bonds. The molecule has 0 spiro atoms. The second kappa shape index (κ2) is 5.86. The quantitative estimate of drug-likeness (QED) is 0.544. The van der Waals surface area contributed by atoms with Crippen molar-refractivity contribution in [2.24, 2.45) is 0 Å². The molecule has 0 bridgehead atoms. The van der Waals surface area contributed by atoms with Crippen molar-refractivity contribution < 1.29 is 9.53 Å². The average molecular weight is 205 g/mol. The van der Waals surface area contributed by atoms with Crippen LogP contribution in [-0.2, 0) is 16.1 Å². The number of benzene rings is 1. The molecule has 1 aromatic carbocycles. The Labute approximate surface area is 90.0 Å². The van der Waals surface area contributed by atoms with Crippen molar-refractivity contribution in [2.75, 3.05) is 7.11 Å². The van der Waals surface area contributed by atoms with Gasteiger partial charge >= 0.3 is 0 Å². The molecule has 15 heavy (non-hydrogen) atoms. The number of ether oxygens (including phenoxy) is 1. The predicted octanol–water partition coefficient (Wildman–Crippen LogP) is 2.15. The predicted molar refractivity (Wildman–Crippen MR) is 58.8 cm³/mol. The number of carbonyl (C=O) groups excluding carboxylic acids is 1. The summed E-state index contributed by atoms with van der Waals surface area (Å²) in [4.78, 5) is 12.3. The third-order valence-electron chi connectivity index (χ3n) is 2.01. The van der Waals surface area contributed by atoms with Crippen molar-refractivity contribution in [3.05, 3.63) is 47.9 Å². The largest absolute Gasteiger partial charge is 0.500 e. The van der Waals surface area contributed by atoms with Crippen LogP contribution in [0.4, 0.5) is 0 Å². The third kappa shape index (κ3) is 3.85. The highest BCUT2D eigenvalue weighted by Crippen LogP contribution is 2.05. The fraction of sp³-hybridized carbons (Fsp3) is 0.250. The summed E-state index contributed by atoms with van der Waals surface area (Å²) in [6.45, 7) is 2.37. The second-order valence-corrected chi connectivity index (χ2v) is 3.21. The Morgan fingerprint density at radius 2 is 2.07 bits per heavy atom. The summed E-state index contributed by atoms with van der Waals surface area (Å²) < 4.78 is 4.98. The standard InChI is InChI=1S/C12H15NO2/c1-11(15-2)8-13(10-14)9-12-6-4-3-5-7-12/h3-8,10H,9H2,1-2H3/b11-8-. The lowest BCUT2D eigenvalue weighted by Crippen LogP contribution is -2.15. The van der Waals surface area contributed by atoms with Crippen LogP contribution >= 0.6 is 0 Å². The van der Waals surface area contributed by atoms with Crippen LogP contribution in [0.5, 0.6) is 0 Å². The zero-order chi connectivity index (χ0) is 11.1. The number of allylic oxidation sites excluding steroid dienone is 1. The molecule has 3 heteroatoms. The van der Waals surface area contributed by atoms with E-state index in [1.807, 2.05) is 37.3 Å². The minimum atomic E-state index is 0.561. The fourth-order valence-corrected chi connectivity index (χ4v) is 1.19. The average Bonchev–Trinajstić information content (AvgIpc) is 2.29. The van der Waals surface area contributed by atoms with E-state index in [9.17, 15) is 4.79 Å². The van der Waals surface area contributed by atoms with Crippen molar-refractivity contribution in [1.82, 2.24) is 4.90 Å². The van der Waals surface area contributed by atoms with Gasteiger partial charge in [-0.05, 0) is 12.5 Å². The Hall–Kier alpha value is -1.77. The summed E-state index contributed by atoms with van der Waals surface area (Å²) in [5.74, 6) is 0.707. The summed E-state index contributed by atoms with van der Waals surface area (Å²) in [5.41, 5.74) is 1.09. The lowest BCUT2D eigenvalue weighted by molar-refractivity contribution is -0.116. The van der Waals surface area contributed by atoms with E-state index in [-0.39, 0.29) is 0 Å². The molecule has 0 radical (unpaired) electrons. The van der Waals surface area contributed by atoms with E-state index < -0.39 is 0 Å². The summed E-state index contributed by atoms with van der Waals surface area (Å²) in [6, 6.07) is 9.81. The van der Waals surface area contributed by atoms with Gasteiger partial charge in [-0.3, -0.25) is 4.79 Å². The molecule has 1 rings (SSSR count). The molecule has 1 aromatic rings. The van der Waals surface area contributed by atoms with Crippen LogP contribution in [0.2, 0.25) is 0 Å². The maximum Gasteiger partial charge on any atom is 0.214 e. The van der Waals surface area contributed by atoms with Gasteiger partial charge in [0.1, 0.15) is 5.76 Å². The fourth-order valence-electron chi connectivity index (χ4n) is 1.19. The minimum absolute atomic E-state index is 0.561. The van der Waals surface area contributed by atoms with E-state index in [1.54, 1.807) is 18.2 Å². The lowest BCUT2D eigenvalue weighted by Gasteiger charge is -2.13. The normalized spacial score (nSPS) is 10.9. The highest BCUT2D eigenvalue weighted by molar-refractivity contribution is 5.49. The molecule has 0 aliphatic carbocycles. The second-order valence-electron chi connectivity index (χ2n) is 3.21. The SMILES string of the molecule is CO/C(C)=C\N(C=O)Cc1ccccc1. The number of nitrogens with zero attached hydrogens (tertiary/aromatic N) is 1. The number of rotatable bonds is 5. The summed E-state index contributed by atoms with van der Waals surface area (Å²) >= 11 is 0. The number of methoxy groups -OCH3 is 1. The van der Waals surface area contributed by atoms with Gasteiger partial charge in [0.25, 0.3) is 0 Å². The van der Waals surface area contributed by atoms with Crippen molar-refractivity contribution in [3.8, 4) is 0 Å². The molecule has 80 valence electrons. The number of carbonyl (C=O) groups is 1. The van der Waals surface area contributed by atoms with Crippen LogP contribution in [-0.4, -0.2) is 18.4 Å². The molecule has 0 aliphatic rings. The van der Waals surface area contributed by atoms with E-state index >= 15 is 0 Å². The van der Waals surface area contributed by atoms with Gasteiger partial charge in [0, 0.05) is 6.20 Å². The van der Waals surface area contributed by atoms with Gasteiger partial charge in [0.2, 0.25) is 6.41 Å². The van der Waals surface area contributed by atoms with E-state index in [0.29, 0.717) is 12.3 Å². The highest BCUT2D eigenvalue weighted by Gasteiger charge is 2.00. The molecular weight excluding hydrogens is 190 g/mol. The Morgan fingerprint density at radius 1 is 1.40 bits per heavy atom. The number of hydrogen-bond donors (Lipinski definition) is 0. The molecule has 0 unspecified atom stereocenters. The van der Waals surface area contributed by atoms with Gasteiger partial charge in [-0.1, -0.05) is 30.3 Å². The van der Waals surface area contributed by atoms with Crippen molar-refractivity contribution in [1.29, 1.82) is 0 Å². The molecule has 3 nitrogen and oxygen atoms in total. The molecular formula is C12H15NO2. The van der Waals surface area contributed by atoms with Crippen molar-refractivity contribution in [2.45, 2.75) is 13.5 Å². The van der Waals surface area contributed by atoms with Crippen LogP contribution in [0, 0.1) is 0 Å². The molecule has 0 saturated carbocycles. The summed E-state index contributed by atoms with van der Waals surface area (Å²) in [7, 11) is 1.58. The van der Waals surface area contributed by atoms with Crippen LogP contribution < -0.4 is 0 Å². The van der Waals surface area contributed by atoms with E-state index in [1.165, 1.54) is 0 Å². The maximum absolute atomic E-state index is 10.8. The van der Waals surface area contributed by atoms with Gasteiger partial charge in [0.05, 0.1) is 13.7 Å². The highest BCUT2D eigenvalue weighted by atomic mass is 16.5. The smallest absolute Gasteiger partial charge is 0.214 e. The van der Waals surface area contributed by atoms with Gasteiger partial charge in [-0.2, -0.15) is 0 Å². The zero-order valence-electron chi connectivity index (χ0n) is 9.01. The van der Waals surface area contributed by atoms with E-state index in [0.717, 1.165) is 12.0 Å². The lowest BCUT2D eigenvalue weighted by atomic mass is 10.2. The van der Waals surface area contributed by atoms with Crippen LogP contribution in [0.3, 0.4) is 0 Å². The monoisotopic (exact) mass is 205 g/mol. The van der Waals surface area contributed by atoms with Crippen LogP contribution in [0.25, 0.3) is 0 Å². The van der Waals surface area contributed by atoms with Crippen LogP contribution in [0.1, 0.15) is 12.5 Å². The molecule has 0 saturated heterocycles. The van der Waals surface area contributed by atoms with Crippen molar-refractivity contribution >= 4 is 6.41 Å². The first-order valence-corrected chi connectivity index (χ1v) is 4.73. The number of hydrogen-bond acceptors (Lipinski definition) is 2. The molecule has 0 aliphatic heterocycles. The molecule has 0 heterocycles. The van der Waals surface area contributed by atoms with Crippen molar-refractivity contribution in [3.63, 3.8) is 0 Å². The summed E-state index contributed by atoms with van der Waals surface area (Å²) in [5, 5.41) is 0. The Kier molecular flexibility index (Phi) is 4.41. The number of amides is 1. The van der Waals surface area contributed by atoms with Gasteiger partial charge in [-0.15, -0.1) is 0 Å². The minimum Gasteiger partial charge on any atom is -0.500 e. The van der Waals surface area contributed by atoms with Gasteiger partial charge in [-0.25, -0.2) is 0 Å². The molecule has 0 aromatic heterocycles. The first-order chi connectivity index (χ1) is 7.26. The summed E-state index contributed by atoms with van der Waals surface area (Å²) in [6.07, 6.45) is 2.47. The first kappa shape index (κ1) is 11.3. The molecule has 0 N–H and O–H groups in total. The van der Waals surface area contributed by atoms with E-state index in [4.69, 9.17) is 4.74 Å². The molecule has 0 fully saturated rings. The van der Waals surface area contributed by atoms with E-state index in [2.05, 4.69) is 0 Å². The van der Waals surface area contributed by atoms with Gasteiger partial charge in [0.15, 0.2) is 0 Å². The third-order valence-corrected chi connectivity index (χ3v) is 2.01. The van der Waals surface area contributed by atoms with Crippen LogP contribution in [0.15, 0.2) is 42.3 Å². The Bertz CT molecular complexity index is 333. The molecule has 0 atom stereocenters. The topological polar surface area (TPSA) is 29.5 Å². The maximum atomic E-state index is 10.8.